The Morgan fingerprint density at radius 1 is 1.29 bits per heavy atom. The van der Waals surface area contributed by atoms with Gasteiger partial charge in [0.15, 0.2) is 0 Å². The Kier molecular flexibility index (Phi) is 5.53. The molecular weight excluding hydrogens is 216 g/mol. The van der Waals surface area contributed by atoms with E-state index in [1.54, 1.807) is 7.11 Å². The number of aryl methyl sites for hydroxylation is 2. The van der Waals surface area contributed by atoms with Gasteiger partial charge in [0.1, 0.15) is 5.75 Å². The van der Waals surface area contributed by atoms with E-state index in [4.69, 9.17) is 9.47 Å². The van der Waals surface area contributed by atoms with Gasteiger partial charge in [-0.25, -0.2) is 0 Å². The summed E-state index contributed by atoms with van der Waals surface area (Å²) >= 11 is 0. The van der Waals surface area contributed by atoms with E-state index in [-0.39, 0.29) is 5.97 Å². The number of esters is 1. The molecule has 0 bridgehead atoms. The summed E-state index contributed by atoms with van der Waals surface area (Å²) in [6.07, 6.45) is 2.08. The van der Waals surface area contributed by atoms with E-state index in [9.17, 15) is 4.79 Å². The zero-order valence-electron chi connectivity index (χ0n) is 10.8. The maximum absolute atomic E-state index is 11.2. The fraction of sp³-hybridized carbons (Fsp3) is 0.500. The summed E-state index contributed by atoms with van der Waals surface area (Å²) in [6, 6.07) is 6.05. The molecule has 3 nitrogen and oxygen atoms in total. The Labute approximate surface area is 103 Å². The number of carbonyl (C=O) groups excluding carboxylic acids is 1. The van der Waals surface area contributed by atoms with Crippen LogP contribution in [0.15, 0.2) is 18.2 Å². The Bertz CT molecular complexity index is 372. The van der Waals surface area contributed by atoms with E-state index in [0.717, 1.165) is 24.2 Å². The first-order valence-corrected chi connectivity index (χ1v) is 6.02. The van der Waals surface area contributed by atoms with Crippen molar-refractivity contribution >= 4 is 5.97 Å². The molecule has 3 heteroatoms. The molecule has 0 fully saturated rings. The molecule has 17 heavy (non-hydrogen) atoms. The van der Waals surface area contributed by atoms with Crippen molar-refractivity contribution < 1.29 is 14.3 Å². The minimum Gasteiger partial charge on any atom is -0.496 e. The SMILES string of the molecule is CCOC(=O)CCc1ccc(OC)c(CC)c1. The van der Waals surface area contributed by atoms with Crippen molar-refractivity contribution in [2.75, 3.05) is 13.7 Å². The fourth-order valence-electron chi connectivity index (χ4n) is 1.74. The van der Waals surface area contributed by atoms with Gasteiger partial charge in [-0.2, -0.15) is 0 Å². The quantitative estimate of drug-likeness (QED) is 0.712. The molecule has 0 aliphatic rings. The number of methoxy groups -OCH3 is 1. The molecular formula is C14H20O3. The van der Waals surface area contributed by atoms with E-state index >= 15 is 0 Å². The Morgan fingerprint density at radius 2 is 2.06 bits per heavy atom. The number of benzene rings is 1. The van der Waals surface area contributed by atoms with Crippen LogP contribution in [0.25, 0.3) is 0 Å². The number of rotatable bonds is 6. The first-order chi connectivity index (χ1) is 8.21. The highest BCUT2D eigenvalue weighted by Crippen LogP contribution is 2.21. The highest BCUT2D eigenvalue weighted by atomic mass is 16.5. The highest BCUT2D eigenvalue weighted by molar-refractivity contribution is 5.69. The van der Waals surface area contributed by atoms with Gasteiger partial charge in [0.2, 0.25) is 0 Å². The van der Waals surface area contributed by atoms with Crippen LogP contribution < -0.4 is 4.74 Å². The molecule has 0 aliphatic carbocycles. The Morgan fingerprint density at radius 3 is 2.65 bits per heavy atom. The third kappa shape index (κ3) is 4.10. The summed E-state index contributed by atoms with van der Waals surface area (Å²) in [6.45, 7) is 4.36. The van der Waals surface area contributed by atoms with Crippen molar-refractivity contribution in [3.05, 3.63) is 29.3 Å². The maximum atomic E-state index is 11.2. The third-order valence-electron chi connectivity index (χ3n) is 2.65. The molecule has 1 rings (SSSR count). The number of ether oxygens (including phenoxy) is 2. The van der Waals surface area contributed by atoms with E-state index in [0.29, 0.717) is 13.0 Å². The van der Waals surface area contributed by atoms with E-state index < -0.39 is 0 Å². The topological polar surface area (TPSA) is 35.5 Å². The zero-order chi connectivity index (χ0) is 12.7. The zero-order valence-corrected chi connectivity index (χ0v) is 10.8. The van der Waals surface area contributed by atoms with Gasteiger partial charge in [0.25, 0.3) is 0 Å². The summed E-state index contributed by atoms with van der Waals surface area (Å²) in [5.74, 6) is 0.772. The van der Waals surface area contributed by atoms with E-state index in [1.807, 2.05) is 19.1 Å². The predicted octanol–water partition coefficient (Wildman–Crippen LogP) is 2.75. The average Bonchev–Trinajstić information content (AvgIpc) is 2.36. The number of hydrogen-bond acceptors (Lipinski definition) is 3. The van der Waals surface area contributed by atoms with Crippen LogP contribution in [0, 0.1) is 0 Å². The average molecular weight is 236 g/mol. The van der Waals surface area contributed by atoms with Crippen molar-refractivity contribution in [2.45, 2.75) is 33.1 Å². The molecule has 0 amide bonds. The number of carbonyl (C=O) groups is 1. The molecule has 0 aliphatic heterocycles. The second kappa shape index (κ2) is 6.94. The second-order valence-electron chi connectivity index (χ2n) is 3.80. The molecule has 1 aromatic rings. The van der Waals surface area contributed by atoms with Crippen LogP contribution in [0.1, 0.15) is 31.4 Å². The fourth-order valence-corrected chi connectivity index (χ4v) is 1.74. The van der Waals surface area contributed by atoms with Crippen LogP contribution in [-0.4, -0.2) is 19.7 Å². The minimum absolute atomic E-state index is 0.138. The normalized spacial score (nSPS) is 10.1. The van der Waals surface area contributed by atoms with Crippen LogP contribution in [0.5, 0.6) is 5.75 Å². The van der Waals surface area contributed by atoms with Crippen molar-refractivity contribution in [3.8, 4) is 5.75 Å². The van der Waals surface area contributed by atoms with Crippen molar-refractivity contribution in [2.24, 2.45) is 0 Å². The lowest BCUT2D eigenvalue weighted by atomic mass is 10.0. The monoisotopic (exact) mass is 236 g/mol. The van der Waals surface area contributed by atoms with Crippen LogP contribution >= 0.6 is 0 Å². The smallest absolute Gasteiger partial charge is 0.306 e. The molecule has 0 radical (unpaired) electrons. The van der Waals surface area contributed by atoms with Crippen molar-refractivity contribution in [1.82, 2.24) is 0 Å². The molecule has 0 saturated carbocycles. The molecule has 94 valence electrons. The lowest BCUT2D eigenvalue weighted by Gasteiger charge is -2.09. The van der Waals surface area contributed by atoms with Gasteiger partial charge in [-0.3, -0.25) is 4.79 Å². The first-order valence-electron chi connectivity index (χ1n) is 6.02. The Balaban J connectivity index is 2.63. The molecule has 1 aromatic carbocycles. The van der Waals surface area contributed by atoms with Gasteiger partial charge >= 0.3 is 5.97 Å². The van der Waals surface area contributed by atoms with Crippen molar-refractivity contribution in [1.29, 1.82) is 0 Å². The molecule has 0 saturated heterocycles. The molecule has 0 spiro atoms. The number of hydrogen-bond donors (Lipinski definition) is 0. The highest BCUT2D eigenvalue weighted by Gasteiger charge is 2.05. The first kappa shape index (κ1) is 13.6. The van der Waals surface area contributed by atoms with E-state index in [1.165, 1.54) is 5.56 Å². The van der Waals surface area contributed by atoms with Crippen molar-refractivity contribution in [3.63, 3.8) is 0 Å². The summed E-state index contributed by atoms with van der Waals surface area (Å²) in [4.78, 5) is 11.2. The van der Waals surface area contributed by atoms with Gasteiger partial charge < -0.3 is 9.47 Å². The second-order valence-corrected chi connectivity index (χ2v) is 3.80. The van der Waals surface area contributed by atoms with Gasteiger partial charge in [-0.1, -0.05) is 19.1 Å². The molecule has 0 heterocycles. The van der Waals surface area contributed by atoms with Gasteiger partial charge in [-0.15, -0.1) is 0 Å². The van der Waals surface area contributed by atoms with Gasteiger partial charge in [0, 0.05) is 6.42 Å². The molecule has 0 unspecified atom stereocenters. The lowest BCUT2D eigenvalue weighted by Crippen LogP contribution is -2.05. The Hall–Kier alpha value is -1.51. The van der Waals surface area contributed by atoms with E-state index in [2.05, 4.69) is 13.0 Å². The summed E-state index contributed by atoms with van der Waals surface area (Å²) in [5.41, 5.74) is 2.32. The maximum Gasteiger partial charge on any atom is 0.306 e. The van der Waals surface area contributed by atoms with Gasteiger partial charge in [0.05, 0.1) is 13.7 Å². The van der Waals surface area contributed by atoms with Crippen LogP contribution in [-0.2, 0) is 22.4 Å². The molecule has 0 atom stereocenters. The summed E-state index contributed by atoms with van der Waals surface area (Å²) in [5, 5.41) is 0. The van der Waals surface area contributed by atoms with Crippen LogP contribution in [0.4, 0.5) is 0 Å². The summed E-state index contributed by atoms with van der Waals surface area (Å²) in [7, 11) is 1.67. The predicted molar refractivity (Wildman–Crippen MR) is 67.3 cm³/mol. The standard InChI is InChI=1S/C14H20O3/c1-4-12-10-11(6-8-13(12)16-3)7-9-14(15)17-5-2/h6,8,10H,4-5,7,9H2,1-3H3. The van der Waals surface area contributed by atoms with Crippen LogP contribution in [0.2, 0.25) is 0 Å². The minimum atomic E-state index is -0.138. The largest absolute Gasteiger partial charge is 0.496 e. The lowest BCUT2D eigenvalue weighted by molar-refractivity contribution is -0.143. The van der Waals surface area contributed by atoms with Gasteiger partial charge in [-0.05, 0) is 37.0 Å². The van der Waals surface area contributed by atoms with Crippen LogP contribution in [0.3, 0.4) is 0 Å². The summed E-state index contributed by atoms with van der Waals surface area (Å²) < 4.78 is 10.2. The molecule has 0 aromatic heterocycles. The third-order valence-corrected chi connectivity index (χ3v) is 2.65. The molecule has 0 N–H and O–H groups in total.